The maximum absolute atomic E-state index is 13.7. The van der Waals surface area contributed by atoms with Gasteiger partial charge in [-0.15, -0.1) is 0 Å². The lowest BCUT2D eigenvalue weighted by molar-refractivity contribution is -0.122. The van der Waals surface area contributed by atoms with Crippen LogP contribution in [0.25, 0.3) is 11.4 Å². The second-order valence-corrected chi connectivity index (χ2v) is 7.44. The lowest BCUT2D eigenvalue weighted by Gasteiger charge is -2.37. The number of ether oxygens (including phenoxy) is 1. The highest BCUT2D eigenvalue weighted by molar-refractivity contribution is 5.76. The van der Waals surface area contributed by atoms with Gasteiger partial charge >= 0.3 is 0 Å². The summed E-state index contributed by atoms with van der Waals surface area (Å²) in [7, 11) is 1.69. The smallest absolute Gasteiger partial charge is 0.227 e. The summed E-state index contributed by atoms with van der Waals surface area (Å²) in [5.74, 6) is 0.309. The lowest BCUT2D eigenvalue weighted by Crippen LogP contribution is -2.47. The summed E-state index contributed by atoms with van der Waals surface area (Å²) < 4.78 is 24.3. The number of nitrogens with zero attached hydrogens (tertiary/aromatic N) is 2. The zero-order valence-electron chi connectivity index (χ0n) is 16.4. The van der Waals surface area contributed by atoms with Gasteiger partial charge in [-0.05, 0) is 44.5 Å². The van der Waals surface area contributed by atoms with Crippen molar-refractivity contribution in [3.63, 3.8) is 0 Å². The minimum atomic E-state index is -0.314. The number of aryl methyl sites for hydroxylation is 2. The number of rotatable bonds is 8. The van der Waals surface area contributed by atoms with Crippen LogP contribution in [0, 0.1) is 18.2 Å². The van der Waals surface area contributed by atoms with E-state index in [9.17, 15) is 9.18 Å². The molecule has 7 nitrogen and oxygen atoms in total. The summed E-state index contributed by atoms with van der Waals surface area (Å²) >= 11 is 0. The predicted molar refractivity (Wildman–Crippen MR) is 102 cm³/mol. The average molecular weight is 390 g/mol. The molecule has 1 saturated heterocycles. The molecule has 1 fully saturated rings. The summed E-state index contributed by atoms with van der Waals surface area (Å²) in [4.78, 5) is 16.5. The first kappa shape index (κ1) is 20.4. The molecule has 8 heteroatoms. The van der Waals surface area contributed by atoms with E-state index in [1.807, 2.05) is 0 Å². The van der Waals surface area contributed by atoms with Crippen molar-refractivity contribution in [3.8, 4) is 11.4 Å². The Morgan fingerprint density at radius 2 is 2.18 bits per heavy atom. The van der Waals surface area contributed by atoms with Crippen LogP contribution in [0.15, 0.2) is 22.7 Å². The monoisotopic (exact) mass is 390 g/mol. The van der Waals surface area contributed by atoms with E-state index in [2.05, 4.69) is 20.8 Å². The lowest BCUT2D eigenvalue weighted by atomic mass is 9.79. The molecule has 2 heterocycles. The van der Waals surface area contributed by atoms with Gasteiger partial charge in [-0.25, -0.2) is 4.39 Å². The highest BCUT2D eigenvalue weighted by atomic mass is 19.1. The second kappa shape index (κ2) is 9.25. The Labute approximate surface area is 164 Å². The maximum atomic E-state index is 13.7. The van der Waals surface area contributed by atoms with Crippen LogP contribution in [0.4, 0.5) is 4.39 Å². The summed E-state index contributed by atoms with van der Waals surface area (Å²) in [6, 6.07) is 4.80. The fourth-order valence-corrected chi connectivity index (χ4v) is 3.44. The molecule has 1 aliphatic heterocycles. The summed E-state index contributed by atoms with van der Waals surface area (Å²) in [5, 5.41) is 10.2. The first-order chi connectivity index (χ1) is 13.5. The van der Waals surface area contributed by atoms with E-state index >= 15 is 0 Å². The number of hydrogen-bond acceptors (Lipinski definition) is 6. The first-order valence-corrected chi connectivity index (χ1v) is 9.57. The summed E-state index contributed by atoms with van der Waals surface area (Å²) in [5.41, 5.74) is 1.10. The van der Waals surface area contributed by atoms with Crippen LogP contribution >= 0.6 is 0 Å². The third kappa shape index (κ3) is 5.14. The molecule has 0 unspecified atom stereocenters. The molecule has 0 saturated carbocycles. The van der Waals surface area contributed by atoms with Gasteiger partial charge in [0, 0.05) is 37.5 Å². The number of aromatic nitrogens is 2. The van der Waals surface area contributed by atoms with E-state index in [-0.39, 0.29) is 23.6 Å². The van der Waals surface area contributed by atoms with Crippen LogP contribution in [0.2, 0.25) is 0 Å². The molecule has 1 aromatic carbocycles. The van der Waals surface area contributed by atoms with Gasteiger partial charge in [-0.2, -0.15) is 4.98 Å². The van der Waals surface area contributed by atoms with E-state index in [0.717, 1.165) is 25.9 Å². The van der Waals surface area contributed by atoms with Crippen molar-refractivity contribution in [2.45, 2.75) is 32.6 Å². The van der Waals surface area contributed by atoms with Gasteiger partial charge in [0.05, 0.1) is 6.61 Å². The normalized spacial score (nSPS) is 16.1. The van der Waals surface area contributed by atoms with Gasteiger partial charge in [0.1, 0.15) is 5.82 Å². The minimum absolute atomic E-state index is 0.0111. The Kier molecular flexibility index (Phi) is 6.74. The zero-order chi connectivity index (χ0) is 20.0. The molecule has 3 rings (SSSR count). The van der Waals surface area contributed by atoms with Gasteiger partial charge in [0.2, 0.25) is 17.6 Å². The Hall–Kier alpha value is -2.32. The Bertz CT molecular complexity index is 797. The number of carbonyl (C=O) groups excluding carboxylic acids is 1. The summed E-state index contributed by atoms with van der Waals surface area (Å²) in [6.45, 7) is 4.79. The topological polar surface area (TPSA) is 89.3 Å². The number of methoxy groups -OCH3 is 1. The molecule has 0 radical (unpaired) electrons. The SMILES string of the molecule is COCC1(CNC(=O)CCc2nc(-c3ccc(C)c(F)c3)no2)CCNCC1. The number of piperidine rings is 1. The fourth-order valence-electron chi connectivity index (χ4n) is 3.44. The highest BCUT2D eigenvalue weighted by Crippen LogP contribution is 2.28. The third-order valence-electron chi connectivity index (χ3n) is 5.24. The number of carbonyl (C=O) groups is 1. The second-order valence-electron chi connectivity index (χ2n) is 7.44. The van der Waals surface area contributed by atoms with E-state index < -0.39 is 0 Å². The number of amides is 1. The Morgan fingerprint density at radius 1 is 1.39 bits per heavy atom. The van der Waals surface area contributed by atoms with Crippen molar-refractivity contribution in [1.82, 2.24) is 20.8 Å². The van der Waals surface area contributed by atoms with E-state index in [1.165, 1.54) is 6.07 Å². The molecule has 2 aromatic rings. The molecule has 1 aromatic heterocycles. The van der Waals surface area contributed by atoms with Crippen molar-refractivity contribution in [3.05, 3.63) is 35.5 Å². The van der Waals surface area contributed by atoms with Crippen molar-refractivity contribution in [2.75, 3.05) is 33.4 Å². The van der Waals surface area contributed by atoms with Crippen molar-refractivity contribution >= 4 is 5.91 Å². The molecule has 0 bridgehead atoms. The van der Waals surface area contributed by atoms with Gasteiger partial charge in [0.25, 0.3) is 0 Å². The zero-order valence-corrected chi connectivity index (χ0v) is 16.4. The van der Waals surface area contributed by atoms with E-state index in [0.29, 0.717) is 42.4 Å². The number of nitrogens with one attached hydrogen (secondary N) is 2. The van der Waals surface area contributed by atoms with Crippen LogP contribution in [0.1, 0.15) is 30.7 Å². The largest absolute Gasteiger partial charge is 0.384 e. The Morgan fingerprint density at radius 3 is 2.89 bits per heavy atom. The number of benzene rings is 1. The number of halogens is 1. The average Bonchev–Trinajstić information content (AvgIpc) is 3.17. The van der Waals surface area contributed by atoms with Crippen molar-refractivity contribution in [2.24, 2.45) is 5.41 Å². The van der Waals surface area contributed by atoms with Crippen LogP contribution in [-0.2, 0) is 16.0 Å². The standard InChI is InChI=1S/C20H27FN4O3/c1-14-3-4-15(11-16(14)21)19-24-18(28-25-19)6-5-17(26)23-12-20(13-27-2)7-9-22-10-8-20/h3-4,11,22H,5-10,12-13H2,1-2H3,(H,23,26). The van der Waals surface area contributed by atoms with E-state index in [4.69, 9.17) is 9.26 Å². The fraction of sp³-hybridized carbons (Fsp3) is 0.550. The Balaban J connectivity index is 1.50. The van der Waals surface area contributed by atoms with Crippen LogP contribution in [0.3, 0.4) is 0 Å². The maximum Gasteiger partial charge on any atom is 0.227 e. The van der Waals surface area contributed by atoms with Crippen LogP contribution in [0.5, 0.6) is 0 Å². The predicted octanol–water partition coefficient (Wildman–Crippen LogP) is 2.25. The van der Waals surface area contributed by atoms with Crippen LogP contribution < -0.4 is 10.6 Å². The molecule has 2 N–H and O–H groups in total. The summed E-state index contributed by atoms with van der Waals surface area (Å²) in [6.07, 6.45) is 2.54. The molecule has 0 aliphatic carbocycles. The molecule has 0 spiro atoms. The molecule has 0 atom stereocenters. The van der Waals surface area contributed by atoms with Crippen molar-refractivity contribution in [1.29, 1.82) is 0 Å². The molecule has 1 amide bonds. The quantitative estimate of drug-likeness (QED) is 0.719. The van der Waals surface area contributed by atoms with Gasteiger partial charge in [-0.1, -0.05) is 17.3 Å². The van der Waals surface area contributed by atoms with Crippen molar-refractivity contribution < 1.29 is 18.4 Å². The minimum Gasteiger partial charge on any atom is -0.384 e. The van der Waals surface area contributed by atoms with E-state index in [1.54, 1.807) is 26.2 Å². The van der Waals surface area contributed by atoms with Gasteiger partial charge in [-0.3, -0.25) is 4.79 Å². The molecular weight excluding hydrogens is 363 g/mol. The highest BCUT2D eigenvalue weighted by Gasteiger charge is 2.32. The number of hydrogen-bond donors (Lipinski definition) is 2. The molecule has 1 aliphatic rings. The molecule has 152 valence electrons. The van der Waals surface area contributed by atoms with Gasteiger partial charge in [0.15, 0.2) is 0 Å². The molecule has 28 heavy (non-hydrogen) atoms. The molecular formula is C20H27FN4O3. The first-order valence-electron chi connectivity index (χ1n) is 9.57. The third-order valence-corrected chi connectivity index (χ3v) is 5.24. The van der Waals surface area contributed by atoms with Crippen LogP contribution in [-0.4, -0.2) is 49.4 Å². The van der Waals surface area contributed by atoms with Gasteiger partial charge < -0.3 is 19.9 Å².